The topological polar surface area (TPSA) is 9.23 Å². The Morgan fingerprint density at radius 1 is 0.718 bits per heavy atom. The molecule has 0 aliphatic carbocycles. The molecule has 39 heavy (non-hydrogen) atoms. The summed E-state index contributed by atoms with van der Waals surface area (Å²) >= 11 is 0. The van der Waals surface area contributed by atoms with Crippen molar-refractivity contribution < 1.29 is 35.5 Å². The number of aryl methyl sites for hydroxylation is 1. The minimum Gasteiger partial charge on any atom is -0.429 e. The van der Waals surface area contributed by atoms with Gasteiger partial charge in [-0.1, -0.05) is 48.2 Å². The first-order chi connectivity index (χ1) is 18.6. The first-order valence-electron chi connectivity index (χ1n) is 11.6. The van der Waals surface area contributed by atoms with Crippen molar-refractivity contribution in [2.75, 3.05) is 0 Å². The Hall–Kier alpha value is -4.51. The molecule has 0 heterocycles. The lowest BCUT2D eigenvalue weighted by Crippen LogP contribution is -2.23. The molecule has 0 N–H and O–H groups in total. The van der Waals surface area contributed by atoms with E-state index in [-0.39, 0.29) is 11.1 Å². The van der Waals surface area contributed by atoms with Gasteiger partial charge in [-0.25, -0.2) is 22.0 Å². The molecule has 0 bridgehead atoms. The molecule has 0 aromatic heterocycles. The minimum atomic E-state index is -4.14. The normalized spacial score (nSPS) is 11.1. The summed E-state index contributed by atoms with van der Waals surface area (Å²) in [5.74, 6) is -2.97. The maximum atomic E-state index is 14.8. The highest BCUT2D eigenvalue weighted by Gasteiger charge is 2.38. The third-order valence-corrected chi connectivity index (χ3v) is 5.72. The number of ether oxygens (including phenoxy) is 1. The molecule has 0 saturated heterocycles. The van der Waals surface area contributed by atoms with Gasteiger partial charge in [0.05, 0.1) is 11.1 Å². The van der Waals surface area contributed by atoms with Crippen LogP contribution in [0.2, 0.25) is 0 Å². The first-order valence-corrected chi connectivity index (χ1v) is 11.6. The fourth-order valence-electron chi connectivity index (χ4n) is 3.69. The standard InChI is InChI=1S/C31H19F7O/c1-2-3-4-19-5-8-21(9-6-19)23-12-14-25(27(33)17-23)31(37,38)39-24-13-11-22(26(32)18-24)10-7-20-15-28(34)30(36)29(35)16-20/h2,5-6,8-9,11-18H,1,3-4H2. The molecule has 4 rings (SSSR count). The number of benzene rings is 4. The van der Waals surface area contributed by atoms with Gasteiger partial charge in [-0.3, -0.25) is 0 Å². The zero-order valence-electron chi connectivity index (χ0n) is 20.2. The monoisotopic (exact) mass is 540 g/mol. The van der Waals surface area contributed by atoms with Gasteiger partial charge in [-0.05, 0) is 65.9 Å². The van der Waals surface area contributed by atoms with Gasteiger partial charge >= 0.3 is 6.11 Å². The summed E-state index contributed by atoms with van der Waals surface area (Å²) in [6.45, 7) is 3.67. The van der Waals surface area contributed by atoms with Crippen LogP contribution in [0.15, 0.2) is 85.5 Å². The van der Waals surface area contributed by atoms with E-state index < -0.39 is 46.5 Å². The quantitative estimate of drug-likeness (QED) is 0.0986. The predicted octanol–water partition coefficient (Wildman–Crippen LogP) is 8.70. The highest BCUT2D eigenvalue weighted by Crippen LogP contribution is 2.35. The fraction of sp³-hybridized carbons (Fsp3) is 0.0968. The van der Waals surface area contributed by atoms with Crippen LogP contribution in [0, 0.1) is 40.9 Å². The summed E-state index contributed by atoms with van der Waals surface area (Å²) in [4.78, 5) is 0. The second-order valence-electron chi connectivity index (χ2n) is 8.48. The van der Waals surface area contributed by atoms with Crippen molar-refractivity contribution in [1.29, 1.82) is 0 Å². The summed E-state index contributed by atoms with van der Waals surface area (Å²) in [5.41, 5.74) is 0.466. The number of alkyl halides is 2. The molecule has 4 aromatic carbocycles. The van der Waals surface area contributed by atoms with E-state index in [0.717, 1.165) is 42.7 Å². The molecule has 0 radical (unpaired) electrons. The van der Waals surface area contributed by atoms with Crippen molar-refractivity contribution in [2.24, 2.45) is 0 Å². The van der Waals surface area contributed by atoms with Gasteiger partial charge in [0.15, 0.2) is 17.5 Å². The van der Waals surface area contributed by atoms with Crippen LogP contribution in [0.3, 0.4) is 0 Å². The van der Waals surface area contributed by atoms with Crippen molar-refractivity contribution in [1.82, 2.24) is 0 Å². The molecule has 0 atom stereocenters. The lowest BCUT2D eigenvalue weighted by molar-refractivity contribution is -0.187. The average molecular weight is 540 g/mol. The molecule has 0 spiro atoms. The van der Waals surface area contributed by atoms with E-state index in [1.165, 1.54) is 6.07 Å². The number of allylic oxidation sites excluding steroid dienone is 1. The van der Waals surface area contributed by atoms with Crippen molar-refractivity contribution in [3.8, 4) is 28.7 Å². The summed E-state index contributed by atoms with van der Waals surface area (Å²) < 4.78 is 103. The van der Waals surface area contributed by atoms with Gasteiger partial charge < -0.3 is 4.74 Å². The van der Waals surface area contributed by atoms with Crippen LogP contribution in [0.25, 0.3) is 11.1 Å². The Morgan fingerprint density at radius 3 is 2.00 bits per heavy atom. The van der Waals surface area contributed by atoms with E-state index >= 15 is 0 Å². The summed E-state index contributed by atoms with van der Waals surface area (Å²) in [6, 6.07) is 14.3. The third kappa shape index (κ3) is 6.50. The van der Waals surface area contributed by atoms with Crippen molar-refractivity contribution >= 4 is 0 Å². The summed E-state index contributed by atoms with van der Waals surface area (Å²) in [6.07, 6.45) is -0.747. The molecule has 0 amide bonds. The zero-order chi connectivity index (χ0) is 28.2. The summed E-state index contributed by atoms with van der Waals surface area (Å²) in [7, 11) is 0. The second kappa shape index (κ2) is 11.5. The Morgan fingerprint density at radius 2 is 1.38 bits per heavy atom. The molecule has 0 unspecified atom stereocenters. The van der Waals surface area contributed by atoms with E-state index in [1.807, 2.05) is 12.1 Å². The number of halogens is 7. The van der Waals surface area contributed by atoms with E-state index in [9.17, 15) is 30.7 Å². The molecule has 1 nitrogen and oxygen atoms in total. The van der Waals surface area contributed by atoms with Crippen LogP contribution in [-0.2, 0) is 12.5 Å². The van der Waals surface area contributed by atoms with E-state index in [2.05, 4.69) is 23.2 Å². The lowest BCUT2D eigenvalue weighted by Gasteiger charge is -2.19. The largest absolute Gasteiger partial charge is 0.429 e. The van der Waals surface area contributed by atoms with Crippen LogP contribution in [0.5, 0.6) is 5.75 Å². The van der Waals surface area contributed by atoms with Crippen LogP contribution >= 0.6 is 0 Å². The summed E-state index contributed by atoms with van der Waals surface area (Å²) in [5, 5.41) is 0. The Bertz CT molecular complexity index is 1560. The van der Waals surface area contributed by atoms with E-state index in [4.69, 9.17) is 0 Å². The van der Waals surface area contributed by atoms with Gasteiger partial charge in [0.25, 0.3) is 0 Å². The smallest absolute Gasteiger partial charge is 0.429 e. The molecule has 8 heteroatoms. The third-order valence-electron chi connectivity index (χ3n) is 5.72. The van der Waals surface area contributed by atoms with Gasteiger partial charge in [0.2, 0.25) is 0 Å². The van der Waals surface area contributed by atoms with Crippen LogP contribution in [0.4, 0.5) is 30.7 Å². The molecular formula is C31H19F7O. The lowest BCUT2D eigenvalue weighted by atomic mass is 10.0. The molecule has 0 saturated carbocycles. The Kier molecular flexibility index (Phi) is 8.10. The predicted molar refractivity (Wildman–Crippen MR) is 134 cm³/mol. The van der Waals surface area contributed by atoms with Gasteiger partial charge in [-0.15, -0.1) is 6.58 Å². The average Bonchev–Trinajstić information content (AvgIpc) is 2.90. The number of hydrogen-bond donors (Lipinski definition) is 0. The maximum Gasteiger partial charge on any atom is 0.429 e. The van der Waals surface area contributed by atoms with Crippen LogP contribution in [0.1, 0.15) is 28.7 Å². The minimum absolute atomic E-state index is 0.264. The number of hydrogen-bond acceptors (Lipinski definition) is 1. The molecule has 198 valence electrons. The second-order valence-corrected chi connectivity index (χ2v) is 8.48. The van der Waals surface area contributed by atoms with E-state index in [1.54, 1.807) is 18.2 Å². The van der Waals surface area contributed by atoms with Crippen LogP contribution in [-0.4, -0.2) is 0 Å². The molecule has 0 aliphatic heterocycles. The molecular weight excluding hydrogens is 521 g/mol. The Labute approximate surface area is 220 Å². The highest BCUT2D eigenvalue weighted by molar-refractivity contribution is 5.64. The van der Waals surface area contributed by atoms with Gasteiger partial charge in [-0.2, -0.15) is 8.78 Å². The van der Waals surface area contributed by atoms with Gasteiger partial charge in [0.1, 0.15) is 17.4 Å². The van der Waals surface area contributed by atoms with Crippen molar-refractivity contribution in [3.63, 3.8) is 0 Å². The highest BCUT2D eigenvalue weighted by atomic mass is 19.3. The Balaban J connectivity index is 1.50. The van der Waals surface area contributed by atoms with Crippen LogP contribution < -0.4 is 4.74 Å². The zero-order valence-corrected chi connectivity index (χ0v) is 20.2. The molecule has 0 fully saturated rings. The van der Waals surface area contributed by atoms with Crippen molar-refractivity contribution in [3.05, 3.63) is 137 Å². The van der Waals surface area contributed by atoms with E-state index in [0.29, 0.717) is 29.3 Å². The van der Waals surface area contributed by atoms with Gasteiger partial charge in [0, 0.05) is 11.6 Å². The van der Waals surface area contributed by atoms with Crippen molar-refractivity contribution in [2.45, 2.75) is 19.0 Å². The maximum absolute atomic E-state index is 14.8. The number of rotatable bonds is 7. The fourth-order valence-corrected chi connectivity index (χ4v) is 3.69. The molecule has 4 aromatic rings. The SMILES string of the molecule is C=CCCc1ccc(-c2ccc(C(F)(F)Oc3ccc(C#Cc4cc(F)c(F)c(F)c4)c(F)c3)c(F)c2)cc1. The molecule has 0 aliphatic rings. The first kappa shape index (κ1) is 27.5.